The summed E-state index contributed by atoms with van der Waals surface area (Å²) in [5.74, 6) is 0. The van der Waals surface area contributed by atoms with Crippen LogP contribution in [0.15, 0.2) is 22.7 Å². The lowest BCUT2D eigenvalue weighted by atomic mass is 9.76. The number of benzene rings is 1. The molecule has 3 N–H and O–H groups in total. The number of hydrogen-bond acceptors (Lipinski definition) is 2. The second-order valence-corrected chi connectivity index (χ2v) is 7.08. The van der Waals surface area contributed by atoms with Gasteiger partial charge in [-0.1, -0.05) is 38.4 Å². The first-order chi connectivity index (χ1) is 9.00. The second kappa shape index (κ2) is 6.23. The Morgan fingerprint density at radius 3 is 2.63 bits per heavy atom. The first-order valence-corrected chi connectivity index (χ1v) is 8.04. The third-order valence-electron chi connectivity index (χ3n) is 4.01. The van der Waals surface area contributed by atoms with E-state index in [0.717, 1.165) is 22.3 Å². The average Bonchev–Trinajstić information content (AvgIpc) is 2.37. The molecule has 0 aromatic heterocycles. The highest BCUT2D eigenvalue weighted by molar-refractivity contribution is 9.10. The van der Waals surface area contributed by atoms with Gasteiger partial charge in [0.1, 0.15) is 4.99 Å². The molecule has 1 aromatic rings. The molecule has 1 fully saturated rings. The van der Waals surface area contributed by atoms with Crippen LogP contribution in [0, 0.1) is 5.41 Å². The van der Waals surface area contributed by atoms with Crippen LogP contribution < -0.4 is 11.1 Å². The zero-order valence-electron chi connectivity index (χ0n) is 11.3. The number of nitrogens with one attached hydrogen (secondary N) is 1. The van der Waals surface area contributed by atoms with Crippen molar-refractivity contribution in [2.24, 2.45) is 11.1 Å². The fourth-order valence-corrected chi connectivity index (χ4v) is 3.62. The van der Waals surface area contributed by atoms with E-state index in [1.807, 2.05) is 12.1 Å². The van der Waals surface area contributed by atoms with Crippen molar-refractivity contribution in [3.8, 4) is 0 Å². The van der Waals surface area contributed by atoms with Crippen LogP contribution in [0.2, 0.25) is 0 Å². The molecule has 1 aliphatic carbocycles. The molecule has 0 heterocycles. The maximum atomic E-state index is 5.66. The summed E-state index contributed by atoms with van der Waals surface area (Å²) in [6.07, 6.45) is 6.77. The molecule has 4 heteroatoms. The van der Waals surface area contributed by atoms with E-state index in [0.29, 0.717) is 10.4 Å². The van der Waals surface area contributed by atoms with E-state index < -0.39 is 0 Å². The van der Waals surface area contributed by atoms with Gasteiger partial charge in [0.05, 0.1) is 0 Å². The van der Waals surface area contributed by atoms with Crippen LogP contribution in [0.4, 0.5) is 5.69 Å². The molecular formula is C15H21BrN2S. The molecule has 0 amide bonds. The summed E-state index contributed by atoms with van der Waals surface area (Å²) in [5.41, 5.74) is 8.11. The van der Waals surface area contributed by atoms with Crippen molar-refractivity contribution in [2.75, 3.05) is 11.9 Å². The van der Waals surface area contributed by atoms with E-state index >= 15 is 0 Å². The lowest BCUT2D eigenvalue weighted by Gasteiger charge is -2.34. The molecule has 1 aliphatic rings. The van der Waals surface area contributed by atoms with E-state index in [4.69, 9.17) is 18.0 Å². The number of hydrogen-bond donors (Lipinski definition) is 2. The maximum Gasteiger partial charge on any atom is 0.105 e. The minimum atomic E-state index is 0.428. The molecule has 2 nitrogen and oxygen atoms in total. The molecule has 0 bridgehead atoms. The molecule has 0 saturated heterocycles. The first kappa shape index (κ1) is 14.8. The zero-order valence-corrected chi connectivity index (χ0v) is 13.7. The molecule has 104 valence electrons. The van der Waals surface area contributed by atoms with Crippen LogP contribution in [0.25, 0.3) is 0 Å². The largest absolute Gasteiger partial charge is 0.389 e. The van der Waals surface area contributed by atoms with Crippen molar-refractivity contribution in [1.29, 1.82) is 0 Å². The van der Waals surface area contributed by atoms with Gasteiger partial charge >= 0.3 is 0 Å². The van der Waals surface area contributed by atoms with Gasteiger partial charge in [0.2, 0.25) is 0 Å². The van der Waals surface area contributed by atoms with Gasteiger partial charge in [0.25, 0.3) is 0 Å². The lowest BCUT2D eigenvalue weighted by molar-refractivity contribution is 0.233. The van der Waals surface area contributed by atoms with Gasteiger partial charge in [-0.15, -0.1) is 0 Å². The number of thiocarbonyl (C=S) groups is 1. The second-order valence-electron chi connectivity index (χ2n) is 5.78. The van der Waals surface area contributed by atoms with Gasteiger partial charge in [0.15, 0.2) is 0 Å². The summed E-state index contributed by atoms with van der Waals surface area (Å²) >= 11 is 8.52. The molecule has 1 saturated carbocycles. The predicted octanol–water partition coefficient (Wildman–Crippen LogP) is 4.47. The van der Waals surface area contributed by atoms with Crippen LogP contribution >= 0.6 is 28.1 Å². The van der Waals surface area contributed by atoms with Gasteiger partial charge < -0.3 is 11.1 Å². The summed E-state index contributed by atoms with van der Waals surface area (Å²) < 4.78 is 0.957. The minimum absolute atomic E-state index is 0.428. The van der Waals surface area contributed by atoms with Crippen molar-refractivity contribution >= 4 is 38.8 Å². The molecule has 0 aliphatic heterocycles. The fraction of sp³-hybridized carbons (Fsp3) is 0.533. The Labute approximate surface area is 129 Å². The maximum absolute atomic E-state index is 5.66. The first-order valence-electron chi connectivity index (χ1n) is 6.83. The molecule has 0 spiro atoms. The zero-order chi connectivity index (χ0) is 13.9. The van der Waals surface area contributed by atoms with E-state index in [1.165, 1.54) is 32.1 Å². The monoisotopic (exact) mass is 340 g/mol. The van der Waals surface area contributed by atoms with Gasteiger partial charge in [-0.05, 0) is 52.4 Å². The molecule has 19 heavy (non-hydrogen) atoms. The highest BCUT2D eigenvalue weighted by Gasteiger charge is 2.26. The standard InChI is InChI=1S/C15H21BrN2S/c1-15(7-3-2-4-8-15)10-18-11-5-6-12(14(17)19)13(16)9-11/h5-6,9,18H,2-4,7-8,10H2,1H3,(H2,17,19). The van der Waals surface area contributed by atoms with Crippen LogP contribution in [-0.2, 0) is 0 Å². The molecule has 0 atom stereocenters. The third-order valence-corrected chi connectivity index (χ3v) is 4.89. The van der Waals surface area contributed by atoms with Gasteiger partial charge in [-0.2, -0.15) is 0 Å². The van der Waals surface area contributed by atoms with Crippen LogP contribution in [0.5, 0.6) is 0 Å². The molecule has 0 radical (unpaired) electrons. The van der Waals surface area contributed by atoms with E-state index in [9.17, 15) is 0 Å². The highest BCUT2D eigenvalue weighted by atomic mass is 79.9. The summed E-state index contributed by atoms with van der Waals surface area (Å²) in [6, 6.07) is 6.07. The molecule has 1 aromatic carbocycles. The number of nitrogens with two attached hydrogens (primary N) is 1. The summed E-state index contributed by atoms with van der Waals surface area (Å²) in [7, 11) is 0. The van der Waals surface area contributed by atoms with Crippen LogP contribution in [0.1, 0.15) is 44.6 Å². The Hall–Kier alpha value is -0.610. The Kier molecular flexibility index (Phi) is 4.85. The summed E-state index contributed by atoms with van der Waals surface area (Å²) in [6.45, 7) is 3.42. The predicted molar refractivity (Wildman–Crippen MR) is 89.7 cm³/mol. The normalized spacial score (nSPS) is 18.0. The smallest absolute Gasteiger partial charge is 0.105 e. The van der Waals surface area contributed by atoms with E-state index in [1.54, 1.807) is 0 Å². The fourth-order valence-electron chi connectivity index (χ4n) is 2.72. The lowest BCUT2D eigenvalue weighted by Crippen LogP contribution is -2.28. The van der Waals surface area contributed by atoms with E-state index in [2.05, 4.69) is 34.2 Å². The quantitative estimate of drug-likeness (QED) is 0.794. The van der Waals surface area contributed by atoms with Crippen molar-refractivity contribution in [1.82, 2.24) is 0 Å². The molecular weight excluding hydrogens is 320 g/mol. The average molecular weight is 341 g/mol. The molecule has 2 rings (SSSR count). The Balaban J connectivity index is 2.00. The van der Waals surface area contributed by atoms with Crippen LogP contribution in [0.3, 0.4) is 0 Å². The summed E-state index contributed by atoms with van der Waals surface area (Å²) in [5, 5.41) is 3.55. The SMILES string of the molecule is CC1(CNc2ccc(C(N)=S)c(Br)c2)CCCCC1. The van der Waals surface area contributed by atoms with Crippen molar-refractivity contribution in [3.63, 3.8) is 0 Å². The van der Waals surface area contributed by atoms with Gasteiger partial charge in [0, 0.05) is 22.3 Å². The Morgan fingerprint density at radius 2 is 2.05 bits per heavy atom. The summed E-state index contributed by atoms with van der Waals surface area (Å²) in [4.78, 5) is 0.428. The number of halogens is 1. The van der Waals surface area contributed by atoms with Gasteiger partial charge in [-0.3, -0.25) is 0 Å². The Bertz CT molecular complexity index is 467. The topological polar surface area (TPSA) is 38.0 Å². The van der Waals surface area contributed by atoms with E-state index in [-0.39, 0.29) is 0 Å². The molecule has 0 unspecified atom stereocenters. The number of anilines is 1. The Morgan fingerprint density at radius 1 is 1.37 bits per heavy atom. The number of rotatable bonds is 4. The van der Waals surface area contributed by atoms with Crippen molar-refractivity contribution in [3.05, 3.63) is 28.2 Å². The van der Waals surface area contributed by atoms with Crippen LogP contribution in [-0.4, -0.2) is 11.5 Å². The highest BCUT2D eigenvalue weighted by Crippen LogP contribution is 2.36. The van der Waals surface area contributed by atoms with Gasteiger partial charge in [-0.25, -0.2) is 0 Å². The van der Waals surface area contributed by atoms with Crippen molar-refractivity contribution < 1.29 is 0 Å². The minimum Gasteiger partial charge on any atom is -0.389 e. The third kappa shape index (κ3) is 3.93. The van der Waals surface area contributed by atoms with Crippen molar-refractivity contribution in [2.45, 2.75) is 39.0 Å².